The third-order valence-corrected chi connectivity index (χ3v) is 4.44. The molecule has 0 unspecified atom stereocenters. The largest absolute Gasteiger partial charge is 0.484 e. The van der Waals surface area contributed by atoms with Gasteiger partial charge in [-0.3, -0.25) is 4.79 Å². The van der Waals surface area contributed by atoms with E-state index < -0.39 is 0 Å². The highest BCUT2D eigenvalue weighted by Gasteiger charge is 2.24. The van der Waals surface area contributed by atoms with Gasteiger partial charge in [-0.1, -0.05) is 18.2 Å². The third-order valence-electron chi connectivity index (χ3n) is 4.44. The standard InChI is InChI=1S/C21H25N3O4/c1-2-27-21(26)24-14-12-23(13-15-24)20(25)16-28-19-10-8-18(9-11-19)22-17-6-4-3-5-7-17/h3-11,22H,2,12-16H2,1H3. The Morgan fingerprint density at radius 3 is 2.14 bits per heavy atom. The van der Waals surface area contributed by atoms with Crippen molar-refractivity contribution in [2.24, 2.45) is 0 Å². The number of nitrogens with one attached hydrogen (secondary N) is 1. The molecule has 0 bridgehead atoms. The Hall–Kier alpha value is -3.22. The SMILES string of the molecule is CCOC(=O)N1CCN(C(=O)COc2ccc(Nc3ccccc3)cc2)CC1. The fourth-order valence-corrected chi connectivity index (χ4v) is 2.91. The maximum absolute atomic E-state index is 12.3. The highest BCUT2D eigenvalue weighted by atomic mass is 16.6. The fraction of sp³-hybridized carbons (Fsp3) is 0.333. The van der Waals surface area contributed by atoms with Gasteiger partial charge in [0.2, 0.25) is 0 Å². The van der Waals surface area contributed by atoms with Crippen LogP contribution < -0.4 is 10.1 Å². The van der Waals surface area contributed by atoms with Gasteiger partial charge in [0.1, 0.15) is 5.75 Å². The minimum atomic E-state index is -0.324. The van der Waals surface area contributed by atoms with Crippen molar-refractivity contribution in [3.63, 3.8) is 0 Å². The molecule has 0 spiro atoms. The van der Waals surface area contributed by atoms with Crippen LogP contribution in [0.4, 0.5) is 16.2 Å². The molecule has 0 aromatic heterocycles. The first-order valence-electron chi connectivity index (χ1n) is 9.40. The molecule has 2 aromatic rings. The Labute approximate surface area is 164 Å². The van der Waals surface area contributed by atoms with Crippen LogP contribution in [-0.2, 0) is 9.53 Å². The molecule has 0 aliphatic carbocycles. The Morgan fingerprint density at radius 1 is 0.893 bits per heavy atom. The molecule has 2 aromatic carbocycles. The number of hydrogen-bond acceptors (Lipinski definition) is 5. The minimum absolute atomic E-state index is 0.0229. The second kappa shape index (κ2) is 9.64. The number of amides is 2. The monoisotopic (exact) mass is 383 g/mol. The van der Waals surface area contributed by atoms with Gasteiger partial charge in [-0.2, -0.15) is 0 Å². The quantitative estimate of drug-likeness (QED) is 0.830. The summed E-state index contributed by atoms with van der Waals surface area (Å²) < 4.78 is 10.6. The summed E-state index contributed by atoms with van der Waals surface area (Å²) in [4.78, 5) is 27.4. The van der Waals surface area contributed by atoms with Crippen molar-refractivity contribution >= 4 is 23.4 Å². The lowest BCUT2D eigenvalue weighted by Gasteiger charge is -2.33. The molecule has 3 rings (SSSR count). The topological polar surface area (TPSA) is 71.1 Å². The fourth-order valence-electron chi connectivity index (χ4n) is 2.91. The molecule has 1 fully saturated rings. The molecular weight excluding hydrogens is 358 g/mol. The molecule has 0 atom stereocenters. The number of para-hydroxylation sites is 1. The van der Waals surface area contributed by atoms with Gasteiger partial charge in [-0.05, 0) is 43.3 Å². The van der Waals surface area contributed by atoms with E-state index in [-0.39, 0.29) is 18.6 Å². The number of nitrogens with zero attached hydrogens (tertiary/aromatic N) is 2. The summed E-state index contributed by atoms with van der Waals surface area (Å²) in [5, 5.41) is 3.30. The van der Waals surface area contributed by atoms with Gasteiger partial charge in [0.25, 0.3) is 5.91 Å². The number of anilines is 2. The number of carbonyl (C=O) groups excluding carboxylic acids is 2. The first-order chi connectivity index (χ1) is 13.7. The van der Waals surface area contributed by atoms with E-state index in [1.165, 1.54) is 0 Å². The Balaban J connectivity index is 1.43. The summed E-state index contributed by atoms with van der Waals surface area (Å²) in [6.07, 6.45) is -0.324. The van der Waals surface area contributed by atoms with Crippen LogP contribution in [-0.4, -0.2) is 61.2 Å². The van der Waals surface area contributed by atoms with Crippen molar-refractivity contribution in [1.82, 2.24) is 9.80 Å². The molecule has 1 saturated heterocycles. The number of benzene rings is 2. The van der Waals surface area contributed by atoms with Crippen LogP contribution in [0.3, 0.4) is 0 Å². The van der Waals surface area contributed by atoms with Gasteiger partial charge < -0.3 is 24.6 Å². The summed E-state index contributed by atoms with van der Waals surface area (Å²) in [6.45, 7) is 4.03. The molecule has 0 saturated carbocycles. The van der Waals surface area contributed by atoms with Gasteiger partial charge >= 0.3 is 6.09 Å². The maximum Gasteiger partial charge on any atom is 0.409 e. The Kier molecular flexibility index (Phi) is 6.73. The van der Waals surface area contributed by atoms with Crippen LogP contribution in [0.1, 0.15) is 6.92 Å². The smallest absolute Gasteiger partial charge is 0.409 e. The van der Waals surface area contributed by atoms with E-state index in [2.05, 4.69) is 5.32 Å². The van der Waals surface area contributed by atoms with Gasteiger partial charge in [0, 0.05) is 37.6 Å². The Bertz CT molecular complexity index is 772. The van der Waals surface area contributed by atoms with Crippen LogP contribution in [0.25, 0.3) is 0 Å². The van der Waals surface area contributed by atoms with E-state index in [1.54, 1.807) is 16.7 Å². The van der Waals surface area contributed by atoms with Crippen molar-refractivity contribution in [1.29, 1.82) is 0 Å². The average Bonchev–Trinajstić information content (AvgIpc) is 2.74. The molecule has 2 amide bonds. The second-order valence-electron chi connectivity index (χ2n) is 6.37. The van der Waals surface area contributed by atoms with E-state index in [4.69, 9.17) is 9.47 Å². The molecule has 1 heterocycles. The van der Waals surface area contributed by atoms with Crippen molar-refractivity contribution in [2.45, 2.75) is 6.92 Å². The molecular formula is C21H25N3O4. The normalized spacial score (nSPS) is 13.8. The minimum Gasteiger partial charge on any atom is -0.484 e. The van der Waals surface area contributed by atoms with Crippen LogP contribution in [0.15, 0.2) is 54.6 Å². The Morgan fingerprint density at radius 2 is 1.50 bits per heavy atom. The van der Waals surface area contributed by atoms with Crippen LogP contribution in [0.2, 0.25) is 0 Å². The van der Waals surface area contributed by atoms with E-state index in [9.17, 15) is 9.59 Å². The van der Waals surface area contributed by atoms with Crippen molar-refractivity contribution < 1.29 is 19.1 Å². The molecule has 1 aliphatic heterocycles. The van der Waals surface area contributed by atoms with Gasteiger partial charge in [0.15, 0.2) is 6.61 Å². The summed E-state index contributed by atoms with van der Waals surface area (Å²) in [7, 11) is 0. The van der Waals surface area contributed by atoms with E-state index in [0.717, 1.165) is 11.4 Å². The van der Waals surface area contributed by atoms with Crippen molar-refractivity contribution in [3.8, 4) is 5.75 Å². The lowest BCUT2D eigenvalue weighted by Crippen LogP contribution is -2.51. The lowest BCUT2D eigenvalue weighted by atomic mass is 10.2. The summed E-state index contributed by atoms with van der Waals surface area (Å²) in [5.74, 6) is 0.548. The molecule has 7 nitrogen and oxygen atoms in total. The average molecular weight is 383 g/mol. The first kappa shape index (κ1) is 19.5. The second-order valence-corrected chi connectivity index (χ2v) is 6.37. The predicted molar refractivity (Wildman–Crippen MR) is 107 cm³/mol. The number of carbonyl (C=O) groups is 2. The number of ether oxygens (including phenoxy) is 2. The molecule has 28 heavy (non-hydrogen) atoms. The highest BCUT2D eigenvalue weighted by Crippen LogP contribution is 2.20. The number of hydrogen-bond donors (Lipinski definition) is 1. The zero-order valence-electron chi connectivity index (χ0n) is 16.0. The van der Waals surface area contributed by atoms with Gasteiger partial charge in [-0.15, -0.1) is 0 Å². The molecule has 1 N–H and O–H groups in total. The summed E-state index contributed by atoms with van der Waals surface area (Å²) >= 11 is 0. The lowest BCUT2D eigenvalue weighted by molar-refractivity contribution is -0.134. The van der Waals surface area contributed by atoms with E-state index in [1.807, 2.05) is 54.6 Å². The summed E-state index contributed by atoms with van der Waals surface area (Å²) in [5.41, 5.74) is 1.95. The van der Waals surface area contributed by atoms with Crippen LogP contribution >= 0.6 is 0 Å². The first-order valence-corrected chi connectivity index (χ1v) is 9.40. The summed E-state index contributed by atoms with van der Waals surface area (Å²) in [6, 6.07) is 17.4. The van der Waals surface area contributed by atoms with Gasteiger partial charge in [-0.25, -0.2) is 4.79 Å². The van der Waals surface area contributed by atoms with Gasteiger partial charge in [0.05, 0.1) is 6.61 Å². The highest BCUT2D eigenvalue weighted by molar-refractivity contribution is 5.78. The number of rotatable bonds is 6. The molecule has 7 heteroatoms. The molecule has 148 valence electrons. The molecule has 0 radical (unpaired) electrons. The zero-order chi connectivity index (χ0) is 19.8. The van der Waals surface area contributed by atoms with Crippen LogP contribution in [0.5, 0.6) is 5.75 Å². The van der Waals surface area contributed by atoms with Crippen molar-refractivity contribution in [2.75, 3.05) is 44.7 Å². The maximum atomic E-state index is 12.3. The van der Waals surface area contributed by atoms with Crippen LogP contribution in [0, 0.1) is 0 Å². The predicted octanol–water partition coefficient (Wildman–Crippen LogP) is 3.11. The van der Waals surface area contributed by atoms with Crippen molar-refractivity contribution in [3.05, 3.63) is 54.6 Å². The number of piperazine rings is 1. The van der Waals surface area contributed by atoms with E-state index in [0.29, 0.717) is 38.5 Å². The molecule has 1 aliphatic rings. The third kappa shape index (κ3) is 5.39. The van der Waals surface area contributed by atoms with E-state index >= 15 is 0 Å². The zero-order valence-corrected chi connectivity index (χ0v) is 16.0.